The Balaban J connectivity index is 2.16. The molecule has 3 fully saturated rings. The molecule has 0 bridgehead atoms. The first-order valence-corrected chi connectivity index (χ1v) is 21.3. The third-order valence-electron chi connectivity index (χ3n) is 6.39. The van der Waals surface area contributed by atoms with E-state index in [2.05, 4.69) is 89.7 Å². The van der Waals surface area contributed by atoms with Gasteiger partial charge in [-0.05, 0) is 51.9 Å². The van der Waals surface area contributed by atoms with Crippen LogP contribution in [0.2, 0.25) is 26.2 Å². The molecule has 0 N–H and O–H groups in total. The van der Waals surface area contributed by atoms with Crippen molar-refractivity contribution in [2.75, 3.05) is 26.3 Å². The monoisotopic (exact) mass is 546 g/mol. The lowest BCUT2D eigenvalue weighted by molar-refractivity contribution is 0.00945. The molecular weight excluding hydrogens is 501 g/mol. The highest BCUT2D eigenvalue weighted by molar-refractivity contribution is 6.94. The highest BCUT2D eigenvalue weighted by Gasteiger charge is 2.59. The standard InChI is InChI=1S/C22H46N2O6Si4/c1-11-19(23-13-15-25-21(23)17(3)4)34(20(12-2)24-14-16-26-22(24)18(5)6)28-31-27-32(7,8)29-33(9,10)30-34/h11-12,17-18,21-22H,13-16,31H2,1-10H3/b19-11-,20-12-. The van der Waals surface area contributed by atoms with Crippen molar-refractivity contribution in [1.82, 2.24) is 9.80 Å². The van der Waals surface area contributed by atoms with Gasteiger partial charge in [-0.2, -0.15) is 0 Å². The van der Waals surface area contributed by atoms with E-state index in [0.29, 0.717) is 25.0 Å². The molecular formula is C22H46N2O6Si4. The van der Waals surface area contributed by atoms with Gasteiger partial charge in [-0.3, -0.25) is 0 Å². The summed E-state index contributed by atoms with van der Waals surface area (Å²) in [6, 6.07) is 0. The van der Waals surface area contributed by atoms with Gasteiger partial charge in [0.05, 0.1) is 23.9 Å². The fourth-order valence-corrected chi connectivity index (χ4v) is 21.8. The molecule has 8 nitrogen and oxygen atoms in total. The highest BCUT2D eigenvalue weighted by Crippen LogP contribution is 2.41. The SMILES string of the molecule is C/C=C(/N1CCOC1C(C)C)[Si]1(/C(=C\C)N2CCOC2C(C)C)O[SiH2]O[Si](C)(C)O[Si](C)(C)O1. The molecule has 12 heteroatoms. The van der Waals surface area contributed by atoms with Crippen LogP contribution < -0.4 is 0 Å². The van der Waals surface area contributed by atoms with Gasteiger partial charge < -0.3 is 35.7 Å². The van der Waals surface area contributed by atoms with Crippen molar-refractivity contribution in [3.05, 3.63) is 22.8 Å². The topological polar surface area (TPSA) is 61.9 Å². The lowest BCUT2D eigenvalue weighted by atomic mass is 10.2. The van der Waals surface area contributed by atoms with Crippen LogP contribution in [0.25, 0.3) is 0 Å². The number of allylic oxidation sites excluding steroid dienone is 2. The first-order valence-electron chi connectivity index (χ1n) is 12.7. The van der Waals surface area contributed by atoms with Crippen molar-refractivity contribution in [2.24, 2.45) is 11.8 Å². The number of rotatable bonds is 6. The normalized spacial score (nSPS) is 33.8. The van der Waals surface area contributed by atoms with Gasteiger partial charge in [0.1, 0.15) is 12.5 Å². The van der Waals surface area contributed by atoms with Crippen LogP contribution in [0.5, 0.6) is 0 Å². The lowest BCUT2D eigenvalue weighted by Crippen LogP contribution is -2.66. The van der Waals surface area contributed by atoms with Crippen molar-refractivity contribution in [1.29, 1.82) is 0 Å². The molecule has 3 aliphatic heterocycles. The fourth-order valence-electron chi connectivity index (χ4n) is 5.34. The van der Waals surface area contributed by atoms with E-state index in [9.17, 15) is 0 Å². The van der Waals surface area contributed by atoms with Crippen LogP contribution in [0.15, 0.2) is 22.8 Å². The summed E-state index contributed by atoms with van der Waals surface area (Å²) in [5.74, 6) is 0.678. The fraction of sp³-hybridized carbons (Fsp3) is 0.818. The second kappa shape index (κ2) is 11.0. The Kier molecular flexibility index (Phi) is 9.14. The average molecular weight is 547 g/mol. The minimum Gasteiger partial charge on any atom is -0.420 e. The maximum absolute atomic E-state index is 7.28. The molecule has 0 saturated carbocycles. The maximum atomic E-state index is 7.28. The Morgan fingerprint density at radius 3 is 1.65 bits per heavy atom. The van der Waals surface area contributed by atoms with Crippen molar-refractivity contribution in [3.63, 3.8) is 0 Å². The lowest BCUT2D eigenvalue weighted by Gasteiger charge is -2.49. The molecule has 0 radical (unpaired) electrons. The molecule has 196 valence electrons. The minimum absolute atomic E-state index is 0.0128. The summed E-state index contributed by atoms with van der Waals surface area (Å²) in [6.07, 6.45) is 4.34. The number of ether oxygens (including phenoxy) is 2. The van der Waals surface area contributed by atoms with Crippen LogP contribution in [0.3, 0.4) is 0 Å². The van der Waals surface area contributed by atoms with Gasteiger partial charge in [0.2, 0.25) is 0 Å². The van der Waals surface area contributed by atoms with E-state index in [-0.39, 0.29) is 12.5 Å². The zero-order valence-electron chi connectivity index (χ0n) is 22.8. The van der Waals surface area contributed by atoms with Gasteiger partial charge in [0, 0.05) is 13.1 Å². The van der Waals surface area contributed by atoms with E-state index in [1.807, 2.05) is 0 Å². The first-order chi connectivity index (χ1) is 15.9. The second-order valence-electron chi connectivity index (χ2n) is 10.8. The van der Waals surface area contributed by atoms with Gasteiger partial charge >= 0.3 is 25.7 Å². The van der Waals surface area contributed by atoms with Crippen molar-refractivity contribution < 1.29 is 25.9 Å². The predicted molar refractivity (Wildman–Crippen MR) is 144 cm³/mol. The van der Waals surface area contributed by atoms with Gasteiger partial charge in [-0.1, -0.05) is 39.8 Å². The Morgan fingerprint density at radius 1 is 0.765 bits per heavy atom. The third-order valence-corrected chi connectivity index (χ3v) is 21.3. The van der Waals surface area contributed by atoms with Crippen LogP contribution in [0, 0.1) is 11.8 Å². The van der Waals surface area contributed by atoms with Crippen molar-refractivity contribution in [2.45, 2.75) is 80.2 Å². The maximum Gasteiger partial charge on any atom is 0.421 e. The second-order valence-corrected chi connectivity index (χ2v) is 22.8. The molecule has 3 rings (SSSR count). The molecule has 34 heavy (non-hydrogen) atoms. The van der Waals surface area contributed by atoms with E-state index >= 15 is 0 Å². The molecule has 3 heterocycles. The van der Waals surface area contributed by atoms with Crippen LogP contribution in [-0.4, -0.2) is 84.2 Å². The van der Waals surface area contributed by atoms with E-state index in [0.717, 1.165) is 23.7 Å². The molecule has 0 amide bonds. The van der Waals surface area contributed by atoms with E-state index < -0.39 is 35.7 Å². The van der Waals surface area contributed by atoms with E-state index in [1.54, 1.807) is 0 Å². The summed E-state index contributed by atoms with van der Waals surface area (Å²) in [5.41, 5.74) is 0. The van der Waals surface area contributed by atoms with Crippen molar-refractivity contribution >= 4 is 35.7 Å². The van der Waals surface area contributed by atoms with Crippen LogP contribution in [0.1, 0.15) is 41.5 Å². The largest absolute Gasteiger partial charge is 0.421 e. The summed E-state index contributed by atoms with van der Waals surface area (Å²) in [4.78, 5) is 4.76. The molecule has 0 aromatic carbocycles. The quantitative estimate of drug-likeness (QED) is 0.470. The van der Waals surface area contributed by atoms with Gasteiger partial charge in [-0.25, -0.2) is 0 Å². The predicted octanol–water partition coefficient (Wildman–Crippen LogP) is 3.43. The van der Waals surface area contributed by atoms with E-state index in [4.69, 9.17) is 25.9 Å². The summed E-state index contributed by atoms with van der Waals surface area (Å²) in [6.45, 7) is 24.5. The molecule has 2 atom stereocenters. The Bertz CT molecular complexity index is 734. The molecule has 2 unspecified atom stereocenters. The Hall–Kier alpha value is -0.292. The van der Waals surface area contributed by atoms with E-state index in [1.165, 1.54) is 0 Å². The van der Waals surface area contributed by atoms with Gasteiger partial charge in [0.15, 0.2) is 0 Å². The first kappa shape index (κ1) is 28.3. The van der Waals surface area contributed by atoms with Crippen LogP contribution in [-0.2, 0) is 25.9 Å². The van der Waals surface area contributed by atoms with Crippen molar-refractivity contribution in [3.8, 4) is 0 Å². The molecule has 3 aliphatic rings. The van der Waals surface area contributed by atoms with Gasteiger partial charge in [-0.15, -0.1) is 0 Å². The molecule has 0 spiro atoms. The number of nitrogens with zero attached hydrogens (tertiary/aromatic N) is 2. The molecule has 3 saturated heterocycles. The number of hydrogen-bond acceptors (Lipinski definition) is 8. The smallest absolute Gasteiger partial charge is 0.420 e. The molecule has 0 aromatic heterocycles. The average Bonchev–Trinajstić information content (AvgIpc) is 3.36. The minimum atomic E-state index is -3.22. The summed E-state index contributed by atoms with van der Waals surface area (Å²) in [5, 5.41) is 2.21. The van der Waals surface area contributed by atoms with Crippen LogP contribution in [0.4, 0.5) is 0 Å². The van der Waals surface area contributed by atoms with Crippen LogP contribution >= 0.6 is 0 Å². The molecule has 0 aromatic rings. The highest BCUT2D eigenvalue weighted by atomic mass is 28.5. The summed E-state index contributed by atoms with van der Waals surface area (Å²) < 4.78 is 39.7. The molecule has 0 aliphatic carbocycles. The zero-order valence-corrected chi connectivity index (χ0v) is 27.3. The Morgan fingerprint density at radius 2 is 1.24 bits per heavy atom. The summed E-state index contributed by atoms with van der Waals surface area (Å²) in [7, 11) is -9.50. The zero-order chi connectivity index (χ0) is 25.3. The van der Waals surface area contributed by atoms with Gasteiger partial charge in [0.25, 0.3) is 10.0 Å². The third kappa shape index (κ3) is 5.81. The number of hydrogen-bond donors (Lipinski definition) is 0. The Labute approximate surface area is 212 Å². The summed E-state index contributed by atoms with van der Waals surface area (Å²) >= 11 is 0.